The first kappa shape index (κ1) is 24.4. The lowest BCUT2D eigenvalue weighted by Crippen LogP contribution is -2.46. The third kappa shape index (κ3) is 5.97. The molecule has 1 aliphatic rings. The zero-order valence-electron chi connectivity index (χ0n) is 18.9. The molecule has 3 rings (SSSR count). The van der Waals surface area contributed by atoms with E-state index in [-0.39, 0.29) is 23.5 Å². The Labute approximate surface area is 191 Å². The fourth-order valence-electron chi connectivity index (χ4n) is 4.23. The van der Waals surface area contributed by atoms with Crippen molar-refractivity contribution in [3.05, 3.63) is 47.7 Å². The van der Waals surface area contributed by atoms with E-state index in [1.165, 1.54) is 6.07 Å². The third-order valence-corrected chi connectivity index (χ3v) is 5.89. The lowest BCUT2D eigenvalue weighted by molar-refractivity contribution is -0.142. The van der Waals surface area contributed by atoms with Crippen LogP contribution in [0.1, 0.15) is 56.7 Å². The topological polar surface area (TPSA) is 91.8 Å². The van der Waals surface area contributed by atoms with Gasteiger partial charge < -0.3 is 15.2 Å². The maximum atomic E-state index is 13.6. The molecule has 1 heterocycles. The Morgan fingerprint density at radius 3 is 2.39 bits per heavy atom. The minimum Gasteiger partial charge on any atom is -0.481 e. The van der Waals surface area contributed by atoms with E-state index in [1.807, 2.05) is 38.1 Å². The number of urea groups is 1. The highest BCUT2D eigenvalue weighted by atomic mass is 19.3. The maximum absolute atomic E-state index is 13.6. The molecule has 7 nitrogen and oxygen atoms in total. The highest BCUT2D eigenvalue weighted by Crippen LogP contribution is 2.36. The number of nitrogens with zero attached hydrogens (tertiary/aromatic N) is 2. The number of amides is 2. The smallest absolute Gasteiger partial charge is 0.388 e. The second kappa shape index (κ2) is 10.6. The number of alkyl halides is 2. The number of pyridine rings is 1. The van der Waals surface area contributed by atoms with E-state index in [9.17, 15) is 23.5 Å². The fraction of sp³-hybridized carbons (Fsp3) is 0.458. The summed E-state index contributed by atoms with van der Waals surface area (Å²) in [6.07, 6.45) is 1.95. The van der Waals surface area contributed by atoms with Crippen LogP contribution in [0.15, 0.2) is 36.4 Å². The number of para-hydroxylation sites is 1. The zero-order chi connectivity index (χ0) is 24.1. The average molecular weight is 462 g/mol. The number of carbonyl (C=O) groups excluding carboxylic acids is 1. The molecule has 1 aromatic heterocycles. The number of ether oxygens (including phenoxy) is 1. The van der Waals surface area contributed by atoms with Crippen LogP contribution in [0, 0.1) is 12.8 Å². The number of aliphatic carboxylic acids is 1. The number of rotatable bonds is 7. The highest BCUT2D eigenvalue weighted by Gasteiger charge is 2.34. The van der Waals surface area contributed by atoms with Crippen LogP contribution in [0.3, 0.4) is 0 Å². The van der Waals surface area contributed by atoms with Gasteiger partial charge in [-0.15, -0.1) is 0 Å². The first-order valence-electron chi connectivity index (χ1n) is 11.0. The number of nitrogens with one attached hydrogen (secondary N) is 1. The molecule has 0 atom stereocenters. The van der Waals surface area contributed by atoms with Gasteiger partial charge in [-0.05, 0) is 62.3 Å². The number of hydrogen-bond acceptors (Lipinski definition) is 4. The van der Waals surface area contributed by atoms with Gasteiger partial charge in [0.05, 0.1) is 5.92 Å². The second-order valence-electron chi connectivity index (χ2n) is 8.54. The summed E-state index contributed by atoms with van der Waals surface area (Å²) in [4.78, 5) is 30.6. The van der Waals surface area contributed by atoms with E-state index in [0.29, 0.717) is 37.1 Å². The van der Waals surface area contributed by atoms with Gasteiger partial charge in [0.25, 0.3) is 0 Å². The monoisotopic (exact) mass is 461 g/mol. The highest BCUT2D eigenvalue weighted by molar-refractivity contribution is 6.03. The Balaban J connectivity index is 1.95. The van der Waals surface area contributed by atoms with Crippen LogP contribution in [0.25, 0.3) is 0 Å². The maximum Gasteiger partial charge on any atom is 0.388 e. The van der Waals surface area contributed by atoms with Gasteiger partial charge in [-0.25, -0.2) is 9.78 Å². The van der Waals surface area contributed by atoms with Crippen molar-refractivity contribution >= 4 is 23.4 Å². The van der Waals surface area contributed by atoms with E-state index in [4.69, 9.17) is 0 Å². The van der Waals surface area contributed by atoms with E-state index in [0.717, 1.165) is 5.56 Å². The molecular weight excluding hydrogens is 432 g/mol. The van der Waals surface area contributed by atoms with Crippen molar-refractivity contribution in [1.82, 2.24) is 4.98 Å². The first-order valence-corrected chi connectivity index (χ1v) is 11.0. The van der Waals surface area contributed by atoms with Crippen LogP contribution in [-0.2, 0) is 4.79 Å². The number of halogens is 2. The number of aryl methyl sites for hydroxylation is 1. The molecule has 2 aromatic rings. The van der Waals surface area contributed by atoms with Gasteiger partial charge in [0, 0.05) is 17.4 Å². The van der Waals surface area contributed by atoms with Gasteiger partial charge in [-0.2, -0.15) is 8.78 Å². The van der Waals surface area contributed by atoms with Gasteiger partial charge in [0.15, 0.2) is 0 Å². The van der Waals surface area contributed by atoms with Crippen molar-refractivity contribution in [2.24, 2.45) is 5.92 Å². The van der Waals surface area contributed by atoms with Gasteiger partial charge in [-0.3, -0.25) is 9.69 Å². The minimum absolute atomic E-state index is 0.0390. The summed E-state index contributed by atoms with van der Waals surface area (Å²) < 4.78 is 30.3. The first-order chi connectivity index (χ1) is 15.7. The Bertz CT molecular complexity index is 991. The number of benzene rings is 1. The van der Waals surface area contributed by atoms with Crippen molar-refractivity contribution < 1.29 is 28.2 Å². The molecule has 1 aromatic carbocycles. The summed E-state index contributed by atoms with van der Waals surface area (Å²) >= 11 is 0. The van der Waals surface area contributed by atoms with Crippen molar-refractivity contribution in [3.63, 3.8) is 0 Å². The Hall–Kier alpha value is -3.23. The van der Waals surface area contributed by atoms with E-state index < -0.39 is 24.5 Å². The molecule has 0 saturated heterocycles. The van der Waals surface area contributed by atoms with Crippen molar-refractivity contribution in [3.8, 4) is 5.88 Å². The molecular formula is C24H29F2N3O4. The van der Waals surface area contributed by atoms with Crippen LogP contribution in [-0.4, -0.2) is 34.7 Å². The van der Waals surface area contributed by atoms with E-state index in [1.54, 1.807) is 17.9 Å². The number of anilines is 2. The molecule has 0 aliphatic heterocycles. The predicted molar refractivity (Wildman–Crippen MR) is 121 cm³/mol. The van der Waals surface area contributed by atoms with E-state index in [2.05, 4.69) is 15.0 Å². The van der Waals surface area contributed by atoms with Crippen LogP contribution in [0.2, 0.25) is 0 Å². The van der Waals surface area contributed by atoms with Crippen molar-refractivity contribution in [2.45, 2.75) is 65.0 Å². The van der Waals surface area contributed by atoms with Crippen molar-refractivity contribution in [1.29, 1.82) is 0 Å². The number of carboxylic acids is 1. The molecule has 0 radical (unpaired) electrons. The average Bonchev–Trinajstić information content (AvgIpc) is 2.76. The molecule has 2 N–H and O–H groups in total. The van der Waals surface area contributed by atoms with Crippen LogP contribution in [0.4, 0.5) is 25.0 Å². The lowest BCUT2D eigenvalue weighted by Gasteiger charge is -2.37. The minimum atomic E-state index is -3.08. The van der Waals surface area contributed by atoms with E-state index >= 15 is 0 Å². The molecule has 0 bridgehead atoms. The van der Waals surface area contributed by atoms with Crippen LogP contribution >= 0.6 is 0 Å². The molecule has 0 spiro atoms. The third-order valence-electron chi connectivity index (χ3n) is 5.89. The Morgan fingerprint density at radius 1 is 1.12 bits per heavy atom. The fourth-order valence-corrected chi connectivity index (χ4v) is 4.23. The molecule has 1 saturated carbocycles. The summed E-state index contributed by atoms with van der Waals surface area (Å²) in [5.41, 5.74) is 2.18. The Morgan fingerprint density at radius 2 is 1.79 bits per heavy atom. The lowest BCUT2D eigenvalue weighted by atomic mass is 9.85. The quantitative estimate of drug-likeness (QED) is 0.544. The number of aromatic nitrogens is 1. The van der Waals surface area contributed by atoms with Gasteiger partial charge in [0.1, 0.15) is 5.69 Å². The van der Waals surface area contributed by atoms with Gasteiger partial charge in [0.2, 0.25) is 5.88 Å². The SMILES string of the molecule is Cc1ccc(NC(=O)N(c2ccccc2C(C)C)C2CCC(C(=O)O)CC2)c(OC(F)F)n1. The summed E-state index contributed by atoms with van der Waals surface area (Å²) in [6.45, 7) is 2.60. The summed E-state index contributed by atoms with van der Waals surface area (Å²) in [5, 5.41) is 12.0. The predicted octanol–water partition coefficient (Wildman–Crippen LogP) is 5.80. The normalized spacial score (nSPS) is 18.3. The number of carboxylic acid groups (broad SMARTS) is 1. The largest absolute Gasteiger partial charge is 0.481 e. The zero-order valence-corrected chi connectivity index (χ0v) is 18.9. The number of carbonyl (C=O) groups is 2. The molecule has 1 aliphatic carbocycles. The molecule has 33 heavy (non-hydrogen) atoms. The summed E-state index contributed by atoms with van der Waals surface area (Å²) in [6, 6.07) is 9.86. The molecule has 9 heteroatoms. The molecule has 2 amide bonds. The van der Waals surface area contributed by atoms with Crippen LogP contribution < -0.4 is 15.0 Å². The molecule has 178 valence electrons. The van der Waals surface area contributed by atoms with Gasteiger partial charge >= 0.3 is 18.6 Å². The summed E-state index contributed by atoms with van der Waals surface area (Å²) in [7, 11) is 0. The van der Waals surface area contributed by atoms with Gasteiger partial charge in [-0.1, -0.05) is 32.0 Å². The van der Waals surface area contributed by atoms with Crippen molar-refractivity contribution in [2.75, 3.05) is 10.2 Å². The molecule has 0 unspecified atom stereocenters. The van der Waals surface area contributed by atoms with Crippen LogP contribution in [0.5, 0.6) is 5.88 Å². The second-order valence-corrected chi connectivity index (χ2v) is 8.54. The molecule has 1 fully saturated rings. The standard InChI is InChI=1S/C24H29F2N3O4/c1-14(2)18-6-4-5-7-20(18)29(17-11-9-16(10-12-17)22(30)31)24(32)28-19-13-8-15(3)27-21(19)33-23(25)26/h4-8,13-14,16-17,23H,9-12H2,1-3H3,(H,28,32)(H,30,31). The number of hydrogen-bond donors (Lipinski definition) is 2. The Kier molecular flexibility index (Phi) is 7.84. The summed E-state index contributed by atoms with van der Waals surface area (Å²) in [5.74, 6) is -1.49.